The summed E-state index contributed by atoms with van der Waals surface area (Å²) in [5.74, 6) is 0.824. The van der Waals surface area contributed by atoms with Crippen LogP contribution in [0.2, 0.25) is 0 Å². The quantitative estimate of drug-likeness (QED) is 0.366. The van der Waals surface area contributed by atoms with Crippen molar-refractivity contribution in [3.05, 3.63) is 95.6 Å². The molecule has 0 aliphatic rings. The Labute approximate surface area is 164 Å². The van der Waals surface area contributed by atoms with Gasteiger partial charge in [-0.1, -0.05) is 42.5 Å². The molecule has 3 rings (SSSR count). The normalized spacial score (nSPS) is 10.6. The minimum absolute atomic E-state index is 0.440. The van der Waals surface area contributed by atoms with E-state index in [1.54, 1.807) is 6.21 Å². The fourth-order valence-corrected chi connectivity index (χ4v) is 2.60. The second kappa shape index (κ2) is 9.50. The molecular weight excluding hydrogens is 354 g/mol. The van der Waals surface area contributed by atoms with E-state index in [1.807, 2.05) is 66.7 Å². The lowest BCUT2D eigenvalue weighted by molar-refractivity contribution is 0.305. The minimum Gasteiger partial charge on any atom is -0.489 e. The van der Waals surface area contributed by atoms with Crippen molar-refractivity contribution in [1.82, 2.24) is 5.43 Å². The van der Waals surface area contributed by atoms with Gasteiger partial charge in [0, 0.05) is 5.69 Å². The zero-order chi connectivity index (χ0) is 18.9. The summed E-state index contributed by atoms with van der Waals surface area (Å²) < 4.78 is 5.85. The molecule has 0 aliphatic heterocycles. The molecule has 0 unspecified atom stereocenters. The summed E-state index contributed by atoms with van der Waals surface area (Å²) in [7, 11) is 0. The number of ether oxygens (including phenoxy) is 1. The number of anilines is 1. The van der Waals surface area contributed by atoms with E-state index in [4.69, 9.17) is 17.0 Å². The molecule has 0 spiro atoms. The van der Waals surface area contributed by atoms with Gasteiger partial charge in [-0.25, -0.2) is 0 Å². The molecule has 0 saturated heterocycles. The number of hydrogen-bond donors (Lipinski definition) is 2. The zero-order valence-electron chi connectivity index (χ0n) is 15.1. The highest BCUT2D eigenvalue weighted by atomic mass is 32.1. The smallest absolute Gasteiger partial charge is 0.191 e. The van der Waals surface area contributed by atoms with Crippen LogP contribution in [-0.4, -0.2) is 11.3 Å². The third kappa shape index (κ3) is 5.94. The number of benzene rings is 3. The highest BCUT2D eigenvalue weighted by Crippen LogP contribution is 2.15. The van der Waals surface area contributed by atoms with E-state index in [2.05, 4.69) is 34.9 Å². The van der Waals surface area contributed by atoms with Gasteiger partial charge in [-0.3, -0.25) is 5.43 Å². The number of para-hydroxylation sites is 1. The minimum atomic E-state index is 0.440. The van der Waals surface area contributed by atoms with Gasteiger partial charge in [0.15, 0.2) is 5.11 Å². The number of nitrogens with zero attached hydrogens (tertiary/aromatic N) is 1. The Morgan fingerprint density at radius 2 is 1.67 bits per heavy atom. The molecule has 5 heteroatoms. The maximum atomic E-state index is 5.85. The van der Waals surface area contributed by atoms with Gasteiger partial charge in [0.1, 0.15) is 12.4 Å². The van der Waals surface area contributed by atoms with Crippen LogP contribution >= 0.6 is 12.2 Å². The summed E-state index contributed by atoms with van der Waals surface area (Å²) in [5.41, 5.74) is 7.09. The van der Waals surface area contributed by atoms with Crippen molar-refractivity contribution < 1.29 is 4.74 Å². The van der Waals surface area contributed by atoms with Gasteiger partial charge in [0.05, 0.1) is 6.21 Å². The predicted molar refractivity (Wildman–Crippen MR) is 115 cm³/mol. The molecule has 136 valence electrons. The van der Waals surface area contributed by atoms with E-state index < -0.39 is 0 Å². The van der Waals surface area contributed by atoms with Crippen LogP contribution in [0.1, 0.15) is 16.7 Å². The first-order chi connectivity index (χ1) is 13.2. The van der Waals surface area contributed by atoms with E-state index in [0.717, 1.165) is 17.0 Å². The van der Waals surface area contributed by atoms with E-state index in [1.165, 1.54) is 11.1 Å². The molecule has 0 aromatic heterocycles. The highest BCUT2D eigenvalue weighted by Gasteiger charge is 1.99. The van der Waals surface area contributed by atoms with Crippen LogP contribution in [0.25, 0.3) is 0 Å². The molecule has 3 aromatic carbocycles. The number of thiocarbonyl (C=S) groups is 1. The fraction of sp³-hybridized carbons (Fsp3) is 0.0909. The Hall–Kier alpha value is -3.18. The van der Waals surface area contributed by atoms with Crippen LogP contribution < -0.4 is 15.5 Å². The third-order valence-electron chi connectivity index (χ3n) is 3.95. The lowest BCUT2D eigenvalue weighted by atomic mass is 10.1. The number of hydrazone groups is 1. The molecule has 0 saturated carbocycles. The molecule has 0 fully saturated rings. The molecule has 0 atom stereocenters. The van der Waals surface area contributed by atoms with Crippen molar-refractivity contribution >= 4 is 29.2 Å². The summed E-state index contributed by atoms with van der Waals surface area (Å²) in [4.78, 5) is 0. The summed E-state index contributed by atoms with van der Waals surface area (Å²) in [5, 5.41) is 7.65. The Balaban J connectivity index is 1.48. The Morgan fingerprint density at radius 3 is 2.41 bits per heavy atom. The number of hydrogen-bond acceptors (Lipinski definition) is 3. The molecule has 0 amide bonds. The molecule has 2 N–H and O–H groups in total. The molecule has 4 nitrogen and oxygen atoms in total. The van der Waals surface area contributed by atoms with Gasteiger partial charge in [-0.05, 0) is 72.2 Å². The van der Waals surface area contributed by atoms with Crippen molar-refractivity contribution in [1.29, 1.82) is 0 Å². The van der Waals surface area contributed by atoms with Crippen LogP contribution in [-0.2, 0) is 6.61 Å². The molecule has 0 bridgehead atoms. The maximum Gasteiger partial charge on any atom is 0.191 e. The molecule has 0 radical (unpaired) electrons. The van der Waals surface area contributed by atoms with Gasteiger partial charge in [0.2, 0.25) is 0 Å². The largest absolute Gasteiger partial charge is 0.489 e. The first-order valence-electron chi connectivity index (χ1n) is 8.63. The SMILES string of the molecule is Cc1ccccc1COc1ccc(/C=N/NC(=S)Nc2ccccc2)cc1. The summed E-state index contributed by atoms with van der Waals surface area (Å²) in [6.45, 7) is 2.64. The Kier molecular flexibility index (Phi) is 6.55. The second-order valence-corrected chi connectivity index (χ2v) is 6.38. The number of rotatable bonds is 6. The van der Waals surface area contributed by atoms with Crippen LogP contribution in [0.3, 0.4) is 0 Å². The van der Waals surface area contributed by atoms with Gasteiger partial charge < -0.3 is 10.1 Å². The van der Waals surface area contributed by atoms with E-state index in [-0.39, 0.29) is 0 Å². The van der Waals surface area contributed by atoms with Crippen molar-refractivity contribution in [3.63, 3.8) is 0 Å². The van der Waals surface area contributed by atoms with E-state index >= 15 is 0 Å². The van der Waals surface area contributed by atoms with Crippen LogP contribution in [0, 0.1) is 6.92 Å². The van der Waals surface area contributed by atoms with Gasteiger partial charge in [-0.2, -0.15) is 5.10 Å². The van der Waals surface area contributed by atoms with Crippen LogP contribution in [0.4, 0.5) is 5.69 Å². The van der Waals surface area contributed by atoms with E-state index in [0.29, 0.717) is 11.7 Å². The van der Waals surface area contributed by atoms with Gasteiger partial charge >= 0.3 is 0 Å². The second-order valence-electron chi connectivity index (χ2n) is 5.97. The van der Waals surface area contributed by atoms with Crippen molar-refractivity contribution in [2.45, 2.75) is 13.5 Å². The van der Waals surface area contributed by atoms with Crippen molar-refractivity contribution in [3.8, 4) is 5.75 Å². The number of nitrogens with one attached hydrogen (secondary N) is 2. The molecule has 27 heavy (non-hydrogen) atoms. The summed E-state index contributed by atoms with van der Waals surface area (Å²) in [6.07, 6.45) is 1.71. The maximum absolute atomic E-state index is 5.85. The Morgan fingerprint density at radius 1 is 0.963 bits per heavy atom. The molecule has 3 aromatic rings. The first-order valence-corrected chi connectivity index (χ1v) is 9.04. The Bertz CT molecular complexity index is 908. The van der Waals surface area contributed by atoms with Crippen molar-refractivity contribution in [2.75, 3.05) is 5.32 Å². The van der Waals surface area contributed by atoms with Gasteiger partial charge in [0.25, 0.3) is 0 Å². The summed E-state index contributed by atoms with van der Waals surface area (Å²) in [6, 6.07) is 25.7. The van der Waals surface area contributed by atoms with Gasteiger partial charge in [-0.15, -0.1) is 0 Å². The topological polar surface area (TPSA) is 45.6 Å². The third-order valence-corrected chi connectivity index (χ3v) is 4.14. The zero-order valence-corrected chi connectivity index (χ0v) is 15.9. The monoisotopic (exact) mass is 375 g/mol. The predicted octanol–water partition coefficient (Wildman–Crippen LogP) is 4.89. The molecule has 0 heterocycles. The lowest BCUT2D eigenvalue weighted by Gasteiger charge is -2.08. The molecular formula is C22H21N3OS. The average Bonchev–Trinajstić information content (AvgIpc) is 2.69. The van der Waals surface area contributed by atoms with Crippen molar-refractivity contribution in [2.24, 2.45) is 5.10 Å². The van der Waals surface area contributed by atoms with Crippen LogP contribution in [0.15, 0.2) is 84.0 Å². The summed E-state index contributed by atoms with van der Waals surface area (Å²) >= 11 is 5.21. The molecule has 0 aliphatic carbocycles. The number of aryl methyl sites for hydroxylation is 1. The standard InChI is InChI=1S/C22H21N3OS/c1-17-7-5-6-8-19(17)16-26-21-13-11-18(12-14-21)15-23-25-22(27)24-20-9-3-2-4-10-20/h2-15H,16H2,1H3,(H2,24,25,27)/b23-15+. The van der Waals surface area contributed by atoms with Crippen LogP contribution in [0.5, 0.6) is 5.75 Å². The average molecular weight is 375 g/mol. The fourth-order valence-electron chi connectivity index (χ4n) is 2.43. The highest BCUT2D eigenvalue weighted by molar-refractivity contribution is 7.80. The lowest BCUT2D eigenvalue weighted by Crippen LogP contribution is -2.23. The first kappa shape index (κ1) is 18.6. The van der Waals surface area contributed by atoms with E-state index in [9.17, 15) is 0 Å².